The van der Waals surface area contributed by atoms with E-state index in [1.165, 1.54) is 10.6 Å². The summed E-state index contributed by atoms with van der Waals surface area (Å²) in [5.74, 6) is 0.640. The fourth-order valence-electron chi connectivity index (χ4n) is 1.85. The second-order valence-corrected chi connectivity index (χ2v) is 5.36. The van der Waals surface area contributed by atoms with Gasteiger partial charge >= 0.3 is 0 Å². The van der Waals surface area contributed by atoms with Crippen LogP contribution in [0.5, 0.6) is 0 Å². The maximum absolute atomic E-state index is 11.8. The quantitative estimate of drug-likeness (QED) is 0.830. The zero-order chi connectivity index (χ0) is 13.8. The number of aromatic amines is 1. The van der Waals surface area contributed by atoms with Gasteiger partial charge in [0.15, 0.2) is 12.2 Å². The average molecular weight is 280 g/mol. The molecule has 0 radical (unpaired) electrons. The molecule has 0 amide bonds. The molecular weight excluding hydrogens is 262 g/mol. The molecule has 102 valence electrons. The number of thiazole rings is 1. The Morgan fingerprint density at radius 3 is 2.95 bits per heavy atom. The van der Waals surface area contributed by atoms with Crippen LogP contribution in [0.15, 0.2) is 16.5 Å². The Hall–Kier alpha value is -1.53. The number of aromatic nitrogens is 3. The summed E-state index contributed by atoms with van der Waals surface area (Å²) in [7, 11) is 1.70. The van der Waals surface area contributed by atoms with Gasteiger partial charge in [0, 0.05) is 26.7 Å². The molecule has 0 atom stereocenters. The molecule has 1 N–H and O–H groups in total. The molecular formula is C13H18N3O2S+. The number of nitrogens with one attached hydrogen (secondary N) is 1. The van der Waals surface area contributed by atoms with Gasteiger partial charge in [-0.3, -0.25) is 4.79 Å². The van der Waals surface area contributed by atoms with Crippen molar-refractivity contribution in [3.05, 3.63) is 44.0 Å². The van der Waals surface area contributed by atoms with Crippen LogP contribution in [0.2, 0.25) is 0 Å². The van der Waals surface area contributed by atoms with Gasteiger partial charge in [-0.25, -0.2) is 4.98 Å². The second kappa shape index (κ2) is 6.08. The van der Waals surface area contributed by atoms with Crippen molar-refractivity contribution < 1.29 is 9.30 Å². The number of aryl methyl sites for hydroxylation is 1. The number of hydrogen-bond donors (Lipinski definition) is 1. The number of ether oxygens (including phenoxy) is 1. The van der Waals surface area contributed by atoms with Crippen LogP contribution in [0.4, 0.5) is 0 Å². The molecule has 2 heterocycles. The van der Waals surface area contributed by atoms with Crippen LogP contribution in [0.1, 0.15) is 22.0 Å². The van der Waals surface area contributed by atoms with Gasteiger partial charge in [0.2, 0.25) is 5.51 Å². The van der Waals surface area contributed by atoms with E-state index in [1.807, 2.05) is 5.51 Å². The molecule has 0 saturated heterocycles. The van der Waals surface area contributed by atoms with E-state index in [4.69, 9.17) is 4.74 Å². The summed E-state index contributed by atoms with van der Waals surface area (Å²) in [4.78, 5) is 20.0. The van der Waals surface area contributed by atoms with Crippen molar-refractivity contribution in [1.82, 2.24) is 9.97 Å². The van der Waals surface area contributed by atoms with Gasteiger partial charge < -0.3 is 9.72 Å². The lowest BCUT2D eigenvalue weighted by atomic mass is 10.3. The van der Waals surface area contributed by atoms with Gasteiger partial charge in [-0.15, -0.1) is 0 Å². The molecule has 5 nitrogen and oxygen atoms in total. The Bertz CT molecular complexity index is 619. The molecule has 0 saturated carbocycles. The van der Waals surface area contributed by atoms with Crippen LogP contribution in [-0.2, 0) is 17.7 Å². The van der Waals surface area contributed by atoms with Crippen molar-refractivity contribution in [2.75, 3.05) is 13.7 Å². The van der Waals surface area contributed by atoms with Crippen LogP contribution in [0.3, 0.4) is 0 Å². The molecule has 0 bridgehead atoms. The van der Waals surface area contributed by atoms with E-state index in [9.17, 15) is 4.79 Å². The normalized spacial score (nSPS) is 10.9. The van der Waals surface area contributed by atoms with Crippen LogP contribution >= 0.6 is 11.3 Å². The SMILES string of the molecule is COCCc1sc[n+](Cc2cnc(C)[nH]c2=O)c1C. The molecule has 2 aromatic rings. The monoisotopic (exact) mass is 280 g/mol. The zero-order valence-electron chi connectivity index (χ0n) is 11.4. The van der Waals surface area contributed by atoms with Crippen molar-refractivity contribution in [2.45, 2.75) is 26.8 Å². The second-order valence-electron chi connectivity index (χ2n) is 4.43. The highest BCUT2D eigenvalue weighted by Gasteiger charge is 2.17. The number of nitrogens with zero attached hydrogens (tertiary/aromatic N) is 2. The van der Waals surface area contributed by atoms with E-state index >= 15 is 0 Å². The summed E-state index contributed by atoms with van der Waals surface area (Å²) >= 11 is 1.69. The maximum Gasteiger partial charge on any atom is 0.260 e. The number of rotatable bonds is 5. The standard InChI is InChI=1S/C13H17N3O2S/c1-9-12(4-5-18-3)19-8-16(9)7-11-6-14-10(2)15-13(11)17/h6,8H,4-5,7H2,1-3H3/p+1. The largest absolute Gasteiger partial charge is 0.384 e. The summed E-state index contributed by atoms with van der Waals surface area (Å²) < 4.78 is 7.17. The van der Waals surface area contributed by atoms with Gasteiger partial charge in [-0.1, -0.05) is 11.3 Å². The summed E-state index contributed by atoms with van der Waals surface area (Å²) in [6, 6.07) is 0. The Kier molecular flexibility index (Phi) is 4.44. The molecule has 0 aromatic carbocycles. The van der Waals surface area contributed by atoms with E-state index < -0.39 is 0 Å². The van der Waals surface area contributed by atoms with Crippen molar-refractivity contribution in [3.8, 4) is 0 Å². The van der Waals surface area contributed by atoms with Gasteiger partial charge in [-0.2, -0.15) is 4.57 Å². The van der Waals surface area contributed by atoms with Crippen LogP contribution in [-0.4, -0.2) is 23.7 Å². The van der Waals surface area contributed by atoms with E-state index in [2.05, 4.69) is 21.5 Å². The highest BCUT2D eigenvalue weighted by molar-refractivity contribution is 7.09. The van der Waals surface area contributed by atoms with Crippen molar-refractivity contribution >= 4 is 11.3 Å². The first-order valence-electron chi connectivity index (χ1n) is 6.12. The Morgan fingerprint density at radius 1 is 1.47 bits per heavy atom. The first-order valence-corrected chi connectivity index (χ1v) is 7.00. The predicted octanol–water partition coefficient (Wildman–Crippen LogP) is 0.973. The summed E-state index contributed by atoms with van der Waals surface area (Å²) in [6.45, 7) is 5.11. The Morgan fingerprint density at radius 2 is 2.26 bits per heavy atom. The van der Waals surface area contributed by atoms with E-state index in [0.717, 1.165) is 6.42 Å². The van der Waals surface area contributed by atoms with Gasteiger partial charge in [0.05, 0.1) is 11.5 Å². The molecule has 2 rings (SSSR count). The van der Waals surface area contributed by atoms with Gasteiger partial charge in [-0.05, 0) is 6.92 Å². The first-order chi connectivity index (χ1) is 9.11. The fraction of sp³-hybridized carbons (Fsp3) is 0.462. The van der Waals surface area contributed by atoms with Gasteiger partial charge in [0.25, 0.3) is 5.56 Å². The number of hydrogen-bond acceptors (Lipinski definition) is 4. The Labute approximate surface area is 115 Å². The molecule has 0 fully saturated rings. The molecule has 0 spiro atoms. The number of methoxy groups -OCH3 is 1. The van der Waals surface area contributed by atoms with Crippen LogP contribution < -0.4 is 10.1 Å². The third kappa shape index (κ3) is 3.27. The first kappa shape index (κ1) is 13.9. The smallest absolute Gasteiger partial charge is 0.260 e. The molecule has 0 aliphatic rings. The highest BCUT2D eigenvalue weighted by atomic mass is 32.1. The highest BCUT2D eigenvalue weighted by Crippen LogP contribution is 2.12. The lowest BCUT2D eigenvalue weighted by Crippen LogP contribution is -2.37. The van der Waals surface area contributed by atoms with E-state index in [1.54, 1.807) is 31.6 Å². The molecule has 0 aliphatic carbocycles. The molecule has 2 aromatic heterocycles. The molecule has 6 heteroatoms. The Balaban J connectivity index is 2.19. The van der Waals surface area contributed by atoms with E-state index in [-0.39, 0.29) is 5.56 Å². The topological polar surface area (TPSA) is 58.9 Å². The van der Waals surface area contributed by atoms with Crippen molar-refractivity contribution in [3.63, 3.8) is 0 Å². The number of H-pyrrole nitrogens is 1. The molecule has 0 unspecified atom stereocenters. The van der Waals surface area contributed by atoms with Gasteiger partial charge in [0.1, 0.15) is 11.4 Å². The lowest BCUT2D eigenvalue weighted by Gasteiger charge is -1.98. The predicted molar refractivity (Wildman–Crippen MR) is 73.5 cm³/mol. The maximum atomic E-state index is 11.8. The third-order valence-electron chi connectivity index (χ3n) is 3.03. The van der Waals surface area contributed by atoms with Crippen molar-refractivity contribution in [2.24, 2.45) is 0 Å². The minimum absolute atomic E-state index is 0.0657. The van der Waals surface area contributed by atoms with E-state index in [0.29, 0.717) is 24.5 Å². The minimum Gasteiger partial charge on any atom is -0.384 e. The summed E-state index contributed by atoms with van der Waals surface area (Å²) in [6.07, 6.45) is 2.55. The average Bonchev–Trinajstić information content (AvgIpc) is 2.72. The lowest BCUT2D eigenvalue weighted by molar-refractivity contribution is -0.689. The summed E-state index contributed by atoms with van der Waals surface area (Å²) in [5, 5.41) is 0. The van der Waals surface area contributed by atoms with Crippen LogP contribution in [0, 0.1) is 13.8 Å². The van der Waals surface area contributed by atoms with Crippen molar-refractivity contribution in [1.29, 1.82) is 0 Å². The minimum atomic E-state index is -0.0657. The molecule has 19 heavy (non-hydrogen) atoms. The third-order valence-corrected chi connectivity index (χ3v) is 4.17. The zero-order valence-corrected chi connectivity index (χ0v) is 12.2. The van der Waals surface area contributed by atoms with Crippen LogP contribution in [0.25, 0.3) is 0 Å². The molecule has 0 aliphatic heterocycles. The fourth-order valence-corrected chi connectivity index (χ4v) is 2.82. The summed E-state index contributed by atoms with van der Waals surface area (Å²) in [5.41, 5.74) is 3.83.